The van der Waals surface area contributed by atoms with Crippen LogP contribution < -0.4 is 0 Å². The number of fused-ring (bicyclic) bond motifs is 2. The largest absolute Gasteiger partial charge is 0.420 e. The Balaban J connectivity index is 1.14. The molecule has 1 N–H and O–H groups in total. The van der Waals surface area contributed by atoms with Gasteiger partial charge in [0.2, 0.25) is 11.8 Å². The Labute approximate surface area is 213 Å². The number of nitrogens with one attached hydrogen (secondary N) is 1. The summed E-state index contributed by atoms with van der Waals surface area (Å²) in [6.07, 6.45) is 7.34. The predicted octanol–water partition coefficient (Wildman–Crippen LogP) is 6.37. The molecule has 0 amide bonds. The lowest BCUT2D eigenvalue weighted by Crippen LogP contribution is -2.34. The topological polar surface area (TPSA) is 70.8 Å². The van der Waals surface area contributed by atoms with E-state index in [1.165, 1.54) is 17.2 Å². The Morgan fingerprint density at radius 2 is 1.95 bits per heavy atom. The molecule has 7 rings (SSSR count). The van der Waals surface area contributed by atoms with Gasteiger partial charge in [-0.15, -0.1) is 10.2 Å². The molecule has 3 heterocycles. The molecule has 0 spiro atoms. The second kappa shape index (κ2) is 9.09. The van der Waals surface area contributed by atoms with Gasteiger partial charge in [0.25, 0.3) is 0 Å². The fourth-order valence-corrected chi connectivity index (χ4v) is 5.55. The minimum Gasteiger partial charge on any atom is -0.420 e. The summed E-state index contributed by atoms with van der Waals surface area (Å²) >= 11 is 0. The summed E-state index contributed by atoms with van der Waals surface area (Å²) in [5.74, 6) is 1.13. The van der Waals surface area contributed by atoms with Crippen molar-refractivity contribution in [3.8, 4) is 22.7 Å². The van der Waals surface area contributed by atoms with Crippen molar-refractivity contribution in [1.82, 2.24) is 25.3 Å². The van der Waals surface area contributed by atoms with E-state index in [-0.39, 0.29) is 11.7 Å². The maximum atomic E-state index is 14.2. The molecule has 0 bridgehead atoms. The van der Waals surface area contributed by atoms with Crippen LogP contribution in [0.4, 0.5) is 4.39 Å². The van der Waals surface area contributed by atoms with Crippen molar-refractivity contribution in [2.45, 2.75) is 31.7 Å². The molecule has 1 saturated heterocycles. The first kappa shape index (κ1) is 22.1. The summed E-state index contributed by atoms with van der Waals surface area (Å²) in [5.41, 5.74) is 7.14. The minimum atomic E-state index is -0.157. The third-order valence-electron chi connectivity index (χ3n) is 7.51. The first-order valence-electron chi connectivity index (χ1n) is 12.8. The third kappa shape index (κ3) is 4.15. The van der Waals surface area contributed by atoms with E-state index < -0.39 is 0 Å². The van der Waals surface area contributed by atoms with Crippen molar-refractivity contribution in [2.75, 3.05) is 13.1 Å². The lowest BCUT2D eigenvalue weighted by Gasteiger charge is -2.31. The Hall–Kier alpha value is -4.10. The van der Waals surface area contributed by atoms with E-state index >= 15 is 0 Å². The van der Waals surface area contributed by atoms with Crippen LogP contribution in [0.25, 0.3) is 39.7 Å². The Bertz CT molecular complexity index is 1630. The highest BCUT2D eigenvalue weighted by atomic mass is 19.1. The SMILES string of the molecule is Fc1ccccc1CN1CCC[C@@H](c2nnc(-c3ccc4[nH]nc(-c5ccc6c(c5)C=CC6)c4c3)o2)C1. The summed E-state index contributed by atoms with van der Waals surface area (Å²) in [5, 5.41) is 17.6. The number of aromatic nitrogens is 4. The molecule has 1 atom stereocenters. The van der Waals surface area contributed by atoms with Crippen molar-refractivity contribution >= 4 is 17.0 Å². The molecule has 0 unspecified atom stereocenters. The van der Waals surface area contributed by atoms with Gasteiger partial charge in [0.15, 0.2) is 0 Å². The summed E-state index contributed by atoms with van der Waals surface area (Å²) in [4.78, 5) is 2.27. The maximum Gasteiger partial charge on any atom is 0.247 e. The number of hydrogen-bond donors (Lipinski definition) is 1. The van der Waals surface area contributed by atoms with Crippen LogP contribution in [0.5, 0.6) is 0 Å². The van der Waals surface area contributed by atoms with E-state index in [0.29, 0.717) is 18.3 Å². The van der Waals surface area contributed by atoms with Crippen LogP contribution >= 0.6 is 0 Å². The van der Waals surface area contributed by atoms with Gasteiger partial charge >= 0.3 is 0 Å². The predicted molar refractivity (Wildman–Crippen MR) is 141 cm³/mol. The molecular weight excluding hydrogens is 465 g/mol. The number of piperidine rings is 1. The minimum absolute atomic E-state index is 0.134. The van der Waals surface area contributed by atoms with Gasteiger partial charge < -0.3 is 4.42 Å². The molecule has 5 aromatic rings. The summed E-state index contributed by atoms with van der Waals surface area (Å²) < 4.78 is 20.4. The van der Waals surface area contributed by atoms with Crippen LogP contribution in [0.3, 0.4) is 0 Å². The second-order valence-electron chi connectivity index (χ2n) is 9.96. The molecule has 184 valence electrons. The monoisotopic (exact) mass is 491 g/mol. The van der Waals surface area contributed by atoms with Crippen molar-refractivity contribution in [3.05, 3.63) is 95.1 Å². The van der Waals surface area contributed by atoms with E-state index in [4.69, 9.17) is 4.42 Å². The highest BCUT2D eigenvalue weighted by molar-refractivity contribution is 5.95. The average Bonchev–Trinajstić information content (AvgIpc) is 3.69. The molecule has 1 aliphatic carbocycles. The number of hydrogen-bond acceptors (Lipinski definition) is 5. The number of likely N-dealkylation sites (tertiary alicyclic amines) is 1. The molecular formula is C30H26FN5O. The molecule has 3 aromatic carbocycles. The number of aromatic amines is 1. The second-order valence-corrected chi connectivity index (χ2v) is 9.96. The molecule has 0 saturated carbocycles. The number of allylic oxidation sites excluding steroid dienone is 1. The summed E-state index contributed by atoms with van der Waals surface area (Å²) in [6.45, 7) is 2.29. The molecule has 37 heavy (non-hydrogen) atoms. The Morgan fingerprint density at radius 1 is 1.03 bits per heavy atom. The van der Waals surface area contributed by atoms with Gasteiger partial charge in [-0.05, 0) is 67.3 Å². The van der Waals surface area contributed by atoms with Gasteiger partial charge in [-0.3, -0.25) is 10.00 Å². The van der Waals surface area contributed by atoms with Crippen LogP contribution in [0.15, 0.2) is 71.2 Å². The smallest absolute Gasteiger partial charge is 0.247 e. The normalized spacial score (nSPS) is 17.5. The maximum absolute atomic E-state index is 14.2. The van der Waals surface area contributed by atoms with Crippen LogP contribution in [-0.2, 0) is 13.0 Å². The summed E-state index contributed by atoms with van der Waals surface area (Å²) in [6, 6.07) is 19.6. The van der Waals surface area contributed by atoms with Gasteiger partial charge in [-0.25, -0.2) is 4.39 Å². The van der Waals surface area contributed by atoms with Crippen molar-refractivity contribution in [1.29, 1.82) is 0 Å². The zero-order valence-corrected chi connectivity index (χ0v) is 20.3. The highest BCUT2D eigenvalue weighted by Gasteiger charge is 2.27. The molecule has 0 radical (unpaired) electrons. The lowest BCUT2D eigenvalue weighted by molar-refractivity contribution is 0.184. The Morgan fingerprint density at radius 3 is 2.89 bits per heavy atom. The van der Waals surface area contributed by atoms with Gasteiger partial charge in [-0.1, -0.05) is 42.5 Å². The van der Waals surface area contributed by atoms with Gasteiger partial charge in [0, 0.05) is 35.2 Å². The summed E-state index contributed by atoms with van der Waals surface area (Å²) in [7, 11) is 0. The van der Waals surface area contributed by atoms with Crippen LogP contribution in [0.1, 0.15) is 41.3 Å². The zero-order chi connectivity index (χ0) is 24.8. The van der Waals surface area contributed by atoms with Crippen LogP contribution in [0.2, 0.25) is 0 Å². The van der Waals surface area contributed by atoms with Crippen molar-refractivity contribution in [2.24, 2.45) is 0 Å². The molecule has 7 heteroatoms. The van der Waals surface area contributed by atoms with E-state index in [1.54, 1.807) is 6.07 Å². The number of H-pyrrole nitrogens is 1. The van der Waals surface area contributed by atoms with Crippen molar-refractivity contribution in [3.63, 3.8) is 0 Å². The molecule has 1 aliphatic heterocycles. The van der Waals surface area contributed by atoms with Gasteiger partial charge in [0.1, 0.15) is 5.82 Å². The van der Waals surface area contributed by atoms with E-state index in [0.717, 1.165) is 65.6 Å². The quantitative estimate of drug-likeness (QED) is 0.309. The Kier molecular flexibility index (Phi) is 5.43. The number of rotatable bonds is 5. The average molecular weight is 492 g/mol. The van der Waals surface area contributed by atoms with E-state index in [2.05, 4.69) is 61.7 Å². The van der Waals surface area contributed by atoms with E-state index in [1.807, 2.05) is 24.3 Å². The zero-order valence-electron chi connectivity index (χ0n) is 20.3. The number of halogens is 1. The standard InChI is InChI=1S/C30H26FN5O/c31-26-9-2-1-5-23(26)17-36-14-4-8-24(18-36)30-35-34-29(37-30)22-12-13-27-25(16-22)28(33-32-27)21-11-10-19-6-3-7-20(19)15-21/h1-3,5,7,9-13,15-16,24H,4,6,8,14,17-18H2,(H,32,33)/t24-/m1/s1. The first-order chi connectivity index (χ1) is 18.2. The fourth-order valence-electron chi connectivity index (χ4n) is 5.55. The highest BCUT2D eigenvalue weighted by Crippen LogP contribution is 2.34. The molecule has 1 fully saturated rings. The van der Waals surface area contributed by atoms with Crippen LogP contribution in [-0.4, -0.2) is 38.4 Å². The molecule has 2 aliphatic rings. The third-order valence-corrected chi connectivity index (χ3v) is 7.51. The lowest BCUT2D eigenvalue weighted by atomic mass is 9.97. The molecule has 2 aromatic heterocycles. The van der Waals surface area contributed by atoms with E-state index in [9.17, 15) is 4.39 Å². The number of benzene rings is 3. The van der Waals surface area contributed by atoms with Gasteiger partial charge in [-0.2, -0.15) is 5.10 Å². The first-order valence-corrected chi connectivity index (χ1v) is 12.8. The van der Waals surface area contributed by atoms with Gasteiger partial charge in [0.05, 0.1) is 17.1 Å². The number of nitrogens with zero attached hydrogens (tertiary/aromatic N) is 4. The van der Waals surface area contributed by atoms with Crippen molar-refractivity contribution < 1.29 is 8.81 Å². The van der Waals surface area contributed by atoms with Crippen LogP contribution in [0, 0.1) is 5.82 Å². The fraction of sp³-hybridized carbons (Fsp3) is 0.233. The molecule has 6 nitrogen and oxygen atoms in total.